The number of fused-ring (bicyclic) bond motifs is 1. The third-order valence-electron chi connectivity index (χ3n) is 3.29. The first kappa shape index (κ1) is 12.0. The lowest BCUT2D eigenvalue weighted by Crippen LogP contribution is -2.28. The van der Waals surface area contributed by atoms with Crippen molar-refractivity contribution in [1.29, 1.82) is 0 Å². The molecule has 2 aromatic heterocycles. The Kier molecular flexibility index (Phi) is 2.89. The highest BCUT2D eigenvalue weighted by Gasteiger charge is 2.21. The predicted molar refractivity (Wildman–Crippen MR) is 73.6 cm³/mol. The summed E-state index contributed by atoms with van der Waals surface area (Å²) < 4.78 is 11.4. The van der Waals surface area contributed by atoms with Gasteiger partial charge in [-0.25, -0.2) is 5.43 Å². The van der Waals surface area contributed by atoms with Gasteiger partial charge >= 0.3 is 0 Å². The molecule has 2 heterocycles. The molecule has 3 rings (SSSR count). The molecule has 0 radical (unpaired) electrons. The van der Waals surface area contributed by atoms with E-state index in [0.29, 0.717) is 0 Å². The Hall–Kier alpha value is -2.04. The van der Waals surface area contributed by atoms with Gasteiger partial charge in [0.25, 0.3) is 0 Å². The first-order chi connectivity index (χ1) is 9.19. The highest BCUT2D eigenvalue weighted by atomic mass is 16.3. The standard InChI is InChI=1S/C15H16N2O2/c1-9-7-12(10(2)18-9)15(17-16)14-8-11-5-3-4-6-13(11)19-14/h3-8,15,17H,16H2,1-2H3. The molecule has 3 N–H and O–H groups in total. The van der Waals surface area contributed by atoms with Gasteiger partial charge in [0.1, 0.15) is 28.9 Å². The lowest BCUT2D eigenvalue weighted by molar-refractivity contribution is 0.461. The summed E-state index contributed by atoms with van der Waals surface area (Å²) in [5.74, 6) is 8.18. The van der Waals surface area contributed by atoms with Crippen LogP contribution in [-0.4, -0.2) is 0 Å². The minimum Gasteiger partial charge on any atom is -0.466 e. The van der Waals surface area contributed by atoms with Crippen LogP contribution in [-0.2, 0) is 0 Å². The summed E-state index contributed by atoms with van der Waals surface area (Å²) in [6.45, 7) is 3.85. The van der Waals surface area contributed by atoms with Gasteiger partial charge in [-0.1, -0.05) is 18.2 Å². The van der Waals surface area contributed by atoms with Crippen molar-refractivity contribution in [1.82, 2.24) is 5.43 Å². The minimum absolute atomic E-state index is 0.204. The lowest BCUT2D eigenvalue weighted by Gasteiger charge is -2.11. The number of nitrogens with two attached hydrogens (primary N) is 1. The fourth-order valence-corrected chi connectivity index (χ4v) is 2.41. The molecule has 0 amide bonds. The van der Waals surface area contributed by atoms with Crippen molar-refractivity contribution in [2.45, 2.75) is 19.9 Å². The molecular formula is C15H16N2O2. The van der Waals surface area contributed by atoms with E-state index in [2.05, 4.69) is 5.43 Å². The normalized spacial score (nSPS) is 13.0. The van der Waals surface area contributed by atoms with E-state index in [1.807, 2.05) is 50.2 Å². The second-order valence-corrected chi connectivity index (χ2v) is 4.65. The lowest BCUT2D eigenvalue weighted by atomic mass is 10.1. The van der Waals surface area contributed by atoms with Gasteiger partial charge in [0.2, 0.25) is 0 Å². The number of aryl methyl sites for hydroxylation is 2. The highest BCUT2D eigenvalue weighted by molar-refractivity contribution is 5.78. The smallest absolute Gasteiger partial charge is 0.134 e. The van der Waals surface area contributed by atoms with Gasteiger partial charge in [-0.3, -0.25) is 5.84 Å². The average molecular weight is 256 g/mol. The second kappa shape index (κ2) is 4.57. The molecule has 4 nitrogen and oxygen atoms in total. The predicted octanol–water partition coefficient (Wildman–Crippen LogP) is 3.20. The summed E-state index contributed by atoms with van der Waals surface area (Å²) >= 11 is 0. The SMILES string of the molecule is Cc1cc(C(NN)c2cc3ccccc3o2)c(C)o1. The molecule has 0 aliphatic heterocycles. The second-order valence-electron chi connectivity index (χ2n) is 4.65. The van der Waals surface area contributed by atoms with Crippen LogP contribution in [0.15, 0.2) is 45.2 Å². The van der Waals surface area contributed by atoms with Gasteiger partial charge in [0.05, 0.1) is 0 Å². The molecule has 0 saturated carbocycles. The van der Waals surface area contributed by atoms with Crippen LogP contribution in [0.4, 0.5) is 0 Å². The quantitative estimate of drug-likeness (QED) is 0.558. The molecule has 0 aliphatic carbocycles. The molecule has 0 fully saturated rings. The van der Waals surface area contributed by atoms with E-state index in [0.717, 1.165) is 33.8 Å². The number of nitrogens with one attached hydrogen (secondary N) is 1. The van der Waals surface area contributed by atoms with Gasteiger partial charge in [-0.05, 0) is 32.0 Å². The van der Waals surface area contributed by atoms with Crippen molar-refractivity contribution in [3.63, 3.8) is 0 Å². The topological polar surface area (TPSA) is 64.3 Å². The van der Waals surface area contributed by atoms with E-state index >= 15 is 0 Å². The van der Waals surface area contributed by atoms with Crippen molar-refractivity contribution in [2.75, 3.05) is 0 Å². The van der Waals surface area contributed by atoms with Crippen LogP contribution in [0.2, 0.25) is 0 Å². The molecule has 4 heteroatoms. The van der Waals surface area contributed by atoms with Gasteiger partial charge in [0.15, 0.2) is 0 Å². The third kappa shape index (κ3) is 2.05. The number of hydrogen-bond acceptors (Lipinski definition) is 4. The van der Waals surface area contributed by atoms with Gasteiger partial charge in [0, 0.05) is 10.9 Å². The largest absolute Gasteiger partial charge is 0.466 e. The minimum atomic E-state index is -0.204. The molecule has 3 aromatic rings. The maximum Gasteiger partial charge on any atom is 0.134 e. The van der Waals surface area contributed by atoms with Crippen LogP contribution in [0.1, 0.15) is 28.9 Å². The van der Waals surface area contributed by atoms with Crippen molar-refractivity contribution in [3.8, 4) is 0 Å². The Morgan fingerprint density at radius 1 is 1.11 bits per heavy atom. The Morgan fingerprint density at radius 2 is 1.89 bits per heavy atom. The van der Waals surface area contributed by atoms with Crippen molar-refractivity contribution < 1.29 is 8.83 Å². The molecule has 0 spiro atoms. The summed E-state index contributed by atoms with van der Waals surface area (Å²) in [6, 6.07) is 11.7. The van der Waals surface area contributed by atoms with Crippen LogP contribution in [0.5, 0.6) is 0 Å². The summed E-state index contributed by atoms with van der Waals surface area (Å²) in [5.41, 5.74) is 4.65. The average Bonchev–Trinajstić information content (AvgIpc) is 2.94. The number of furan rings is 2. The van der Waals surface area contributed by atoms with Crippen LogP contribution < -0.4 is 11.3 Å². The molecule has 0 aliphatic rings. The molecule has 0 bridgehead atoms. The van der Waals surface area contributed by atoms with Gasteiger partial charge < -0.3 is 8.83 Å². The van der Waals surface area contributed by atoms with Crippen molar-refractivity contribution in [2.24, 2.45) is 5.84 Å². The van der Waals surface area contributed by atoms with Gasteiger partial charge in [-0.15, -0.1) is 0 Å². The van der Waals surface area contributed by atoms with Crippen LogP contribution >= 0.6 is 0 Å². The van der Waals surface area contributed by atoms with E-state index in [4.69, 9.17) is 14.7 Å². The number of hydrogen-bond donors (Lipinski definition) is 2. The Morgan fingerprint density at radius 3 is 2.53 bits per heavy atom. The first-order valence-corrected chi connectivity index (χ1v) is 6.20. The maximum absolute atomic E-state index is 5.86. The monoisotopic (exact) mass is 256 g/mol. The van der Waals surface area contributed by atoms with Crippen LogP contribution in [0.3, 0.4) is 0 Å². The Bertz CT molecular complexity index is 679. The zero-order valence-corrected chi connectivity index (χ0v) is 10.9. The highest BCUT2D eigenvalue weighted by Crippen LogP contribution is 2.30. The summed E-state index contributed by atoms with van der Waals surface area (Å²) in [7, 11) is 0. The fraction of sp³-hybridized carbons (Fsp3) is 0.200. The fourth-order valence-electron chi connectivity index (χ4n) is 2.41. The van der Waals surface area contributed by atoms with E-state index < -0.39 is 0 Å². The molecular weight excluding hydrogens is 240 g/mol. The molecule has 1 unspecified atom stereocenters. The maximum atomic E-state index is 5.86. The number of benzene rings is 1. The van der Waals surface area contributed by atoms with Crippen molar-refractivity contribution in [3.05, 3.63) is 59.2 Å². The third-order valence-corrected chi connectivity index (χ3v) is 3.29. The summed E-state index contributed by atoms with van der Waals surface area (Å²) in [4.78, 5) is 0. The number of rotatable bonds is 3. The van der Waals surface area contributed by atoms with E-state index in [1.165, 1.54) is 0 Å². The Labute approximate surface area is 111 Å². The number of hydrazine groups is 1. The zero-order chi connectivity index (χ0) is 13.4. The summed E-state index contributed by atoms with van der Waals surface area (Å²) in [6.07, 6.45) is 0. The summed E-state index contributed by atoms with van der Waals surface area (Å²) in [5, 5.41) is 1.07. The van der Waals surface area contributed by atoms with Crippen LogP contribution in [0.25, 0.3) is 11.0 Å². The molecule has 19 heavy (non-hydrogen) atoms. The molecule has 1 atom stereocenters. The van der Waals surface area contributed by atoms with Crippen molar-refractivity contribution >= 4 is 11.0 Å². The van der Waals surface area contributed by atoms with E-state index in [1.54, 1.807) is 0 Å². The molecule has 0 saturated heterocycles. The van der Waals surface area contributed by atoms with Gasteiger partial charge in [-0.2, -0.15) is 0 Å². The van der Waals surface area contributed by atoms with E-state index in [9.17, 15) is 0 Å². The van der Waals surface area contributed by atoms with E-state index in [-0.39, 0.29) is 6.04 Å². The van der Waals surface area contributed by atoms with Crippen LogP contribution in [0, 0.1) is 13.8 Å². The number of para-hydroxylation sites is 1. The zero-order valence-electron chi connectivity index (χ0n) is 10.9. The molecule has 1 aromatic carbocycles. The first-order valence-electron chi connectivity index (χ1n) is 6.20. The Balaban J connectivity index is 2.09. The molecule has 98 valence electrons.